The van der Waals surface area contributed by atoms with E-state index >= 15 is 0 Å². The van der Waals surface area contributed by atoms with Gasteiger partial charge in [0.1, 0.15) is 0 Å². The molecule has 0 aromatic heterocycles. The maximum Gasteiger partial charge on any atom is 0.0642 e. The van der Waals surface area contributed by atoms with E-state index in [4.69, 9.17) is 0 Å². The summed E-state index contributed by atoms with van der Waals surface area (Å²) in [5, 5.41) is 0. The van der Waals surface area contributed by atoms with Crippen LogP contribution in [0.5, 0.6) is 0 Å². The number of aliphatic imine (C=N–C) groups is 1. The van der Waals surface area contributed by atoms with Crippen molar-refractivity contribution < 1.29 is 0 Å². The van der Waals surface area contributed by atoms with E-state index in [0.29, 0.717) is 5.92 Å². The van der Waals surface area contributed by atoms with Crippen molar-refractivity contribution in [3.8, 4) is 0 Å². The van der Waals surface area contributed by atoms with Crippen molar-refractivity contribution in [1.82, 2.24) is 0 Å². The molecular weight excluding hydrogens is 182 g/mol. The van der Waals surface area contributed by atoms with E-state index in [1.165, 1.54) is 11.1 Å². The lowest BCUT2D eigenvalue weighted by molar-refractivity contribution is 0.765. The highest BCUT2D eigenvalue weighted by Gasteiger charge is 2.08. The molecule has 1 aliphatic rings. The van der Waals surface area contributed by atoms with Crippen LogP contribution in [0.15, 0.2) is 40.4 Å². The highest BCUT2D eigenvalue weighted by atomic mass is 14.7. The summed E-state index contributed by atoms with van der Waals surface area (Å²) in [5.41, 5.74) is 3.77. The van der Waals surface area contributed by atoms with Crippen LogP contribution in [-0.2, 0) is 0 Å². The molecule has 0 amide bonds. The van der Waals surface area contributed by atoms with Gasteiger partial charge in [-0.1, -0.05) is 51.5 Å². The first-order valence-electron chi connectivity index (χ1n) is 5.69. The summed E-state index contributed by atoms with van der Waals surface area (Å²) in [6.45, 7) is 10.6. The van der Waals surface area contributed by atoms with Crippen molar-refractivity contribution in [2.24, 2.45) is 10.9 Å². The smallest absolute Gasteiger partial charge is 0.0642 e. The average Bonchev–Trinajstić information content (AvgIpc) is 2.30. The van der Waals surface area contributed by atoms with Gasteiger partial charge in [-0.3, -0.25) is 4.99 Å². The van der Waals surface area contributed by atoms with Crippen molar-refractivity contribution in [1.29, 1.82) is 0 Å². The molecule has 0 N–H and O–H groups in total. The van der Waals surface area contributed by atoms with Gasteiger partial charge < -0.3 is 0 Å². The molecule has 1 rings (SSSR count). The normalized spacial score (nSPS) is 20.3. The van der Waals surface area contributed by atoms with Gasteiger partial charge in [-0.25, -0.2) is 0 Å². The Morgan fingerprint density at radius 2 is 1.67 bits per heavy atom. The minimum Gasteiger partial charge on any atom is -0.288 e. The molecule has 0 radical (unpaired) electrons. The lowest BCUT2D eigenvalue weighted by Crippen LogP contribution is -2.05. The van der Waals surface area contributed by atoms with Gasteiger partial charge in [0.2, 0.25) is 0 Å². The van der Waals surface area contributed by atoms with E-state index < -0.39 is 0 Å². The standard InChI is InChI=1S/C12H17N.C2H6/c1-9(2)10(3)11-7-5-6-8-12(11)13-4;1-2/h5-9H,1-4H3;1-2H3/b11-10+,13-12?;. The van der Waals surface area contributed by atoms with Gasteiger partial charge in [-0.05, 0) is 24.5 Å². The molecule has 0 unspecified atom stereocenters. The predicted octanol–water partition coefficient (Wildman–Crippen LogP) is 4.18. The predicted molar refractivity (Wildman–Crippen MR) is 70.5 cm³/mol. The number of hydrogen-bond acceptors (Lipinski definition) is 1. The molecule has 0 aromatic carbocycles. The summed E-state index contributed by atoms with van der Waals surface area (Å²) in [6, 6.07) is 0. The first kappa shape index (κ1) is 13.9. The number of allylic oxidation sites excluding steroid dienone is 6. The minimum atomic E-state index is 0.586. The molecule has 1 nitrogen and oxygen atoms in total. The summed E-state index contributed by atoms with van der Waals surface area (Å²) in [7, 11) is 1.84. The second-order valence-corrected chi connectivity index (χ2v) is 3.58. The van der Waals surface area contributed by atoms with Crippen molar-refractivity contribution in [2.45, 2.75) is 34.6 Å². The Kier molecular flexibility index (Phi) is 6.68. The van der Waals surface area contributed by atoms with Gasteiger partial charge in [0.15, 0.2) is 0 Å². The third-order valence-corrected chi connectivity index (χ3v) is 2.44. The summed E-state index contributed by atoms with van der Waals surface area (Å²) >= 11 is 0. The van der Waals surface area contributed by atoms with Gasteiger partial charge >= 0.3 is 0 Å². The molecule has 1 aliphatic carbocycles. The van der Waals surface area contributed by atoms with Crippen LogP contribution in [0.2, 0.25) is 0 Å². The van der Waals surface area contributed by atoms with Crippen LogP contribution in [0, 0.1) is 5.92 Å². The van der Waals surface area contributed by atoms with Gasteiger partial charge in [0, 0.05) is 7.05 Å². The maximum absolute atomic E-state index is 4.25. The van der Waals surface area contributed by atoms with Crippen LogP contribution in [0.4, 0.5) is 0 Å². The zero-order chi connectivity index (χ0) is 11.8. The molecule has 0 saturated carbocycles. The molecular formula is C14H23N. The summed E-state index contributed by atoms with van der Waals surface area (Å²) in [4.78, 5) is 4.25. The first-order valence-corrected chi connectivity index (χ1v) is 5.69. The summed E-state index contributed by atoms with van der Waals surface area (Å²) in [5.74, 6) is 0.586. The molecule has 0 atom stereocenters. The molecule has 0 fully saturated rings. The summed E-state index contributed by atoms with van der Waals surface area (Å²) in [6.07, 6.45) is 8.29. The second kappa shape index (κ2) is 7.22. The third kappa shape index (κ3) is 3.86. The average molecular weight is 205 g/mol. The zero-order valence-electron chi connectivity index (χ0n) is 10.8. The van der Waals surface area contributed by atoms with Crippen LogP contribution in [-0.4, -0.2) is 12.8 Å². The summed E-state index contributed by atoms with van der Waals surface area (Å²) < 4.78 is 0. The van der Waals surface area contributed by atoms with E-state index in [9.17, 15) is 0 Å². The Morgan fingerprint density at radius 1 is 1.13 bits per heavy atom. The monoisotopic (exact) mass is 205 g/mol. The maximum atomic E-state index is 4.25. The lowest BCUT2D eigenvalue weighted by Gasteiger charge is -2.13. The first-order chi connectivity index (χ1) is 7.16. The quantitative estimate of drug-likeness (QED) is 0.609. The fourth-order valence-electron chi connectivity index (χ4n) is 1.31. The lowest BCUT2D eigenvalue weighted by atomic mass is 9.93. The topological polar surface area (TPSA) is 12.4 Å². The zero-order valence-corrected chi connectivity index (χ0v) is 10.8. The van der Waals surface area contributed by atoms with Crippen LogP contribution < -0.4 is 0 Å². The minimum absolute atomic E-state index is 0.586. The SMILES string of the molecule is CC.CN=C1C=CC=C/C1=C(/C)C(C)C. The van der Waals surface area contributed by atoms with Crippen LogP contribution in [0.3, 0.4) is 0 Å². The van der Waals surface area contributed by atoms with Gasteiger partial charge in [-0.2, -0.15) is 0 Å². The second-order valence-electron chi connectivity index (χ2n) is 3.58. The number of rotatable bonds is 1. The van der Waals surface area contributed by atoms with E-state index in [0.717, 1.165) is 5.71 Å². The van der Waals surface area contributed by atoms with Crippen LogP contribution in [0.25, 0.3) is 0 Å². The molecule has 0 aliphatic heterocycles. The Hall–Kier alpha value is -1.11. The molecule has 0 spiro atoms. The largest absolute Gasteiger partial charge is 0.288 e. The molecule has 15 heavy (non-hydrogen) atoms. The Morgan fingerprint density at radius 3 is 2.13 bits per heavy atom. The van der Waals surface area contributed by atoms with Gasteiger partial charge in [0.25, 0.3) is 0 Å². The molecule has 0 heterocycles. The highest BCUT2D eigenvalue weighted by Crippen LogP contribution is 2.19. The Balaban J connectivity index is 0.000000921. The van der Waals surface area contributed by atoms with Crippen molar-refractivity contribution in [2.75, 3.05) is 7.05 Å². The van der Waals surface area contributed by atoms with E-state index in [-0.39, 0.29) is 0 Å². The fourth-order valence-corrected chi connectivity index (χ4v) is 1.31. The molecule has 1 heteroatoms. The molecule has 0 bridgehead atoms. The Bertz CT molecular complexity index is 301. The highest BCUT2D eigenvalue weighted by molar-refractivity contribution is 6.11. The van der Waals surface area contributed by atoms with Crippen molar-refractivity contribution in [3.05, 3.63) is 35.5 Å². The van der Waals surface area contributed by atoms with E-state index in [1.807, 2.05) is 27.0 Å². The van der Waals surface area contributed by atoms with Crippen LogP contribution in [0.1, 0.15) is 34.6 Å². The van der Waals surface area contributed by atoms with E-state index in [1.54, 1.807) is 0 Å². The number of hydrogen-bond donors (Lipinski definition) is 0. The van der Waals surface area contributed by atoms with Gasteiger partial charge in [0.05, 0.1) is 5.71 Å². The Labute approximate surface area is 94.3 Å². The van der Waals surface area contributed by atoms with Crippen molar-refractivity contribution in [3.63, 3.8) is 0 Å². The fraction of sp³-hybridized carbons (Fsp3) is 0.500. The van der Waals surface area contributed by atoms with E-state index in [2.05, 4.69) is 44.0 Å². The van der Waals surface area contributed by atoms with Crippen molar-refractivity contribution >= 4 is 5.71 Å². The molecule has 0 saturated heterocycles. The van der Waals surface area contributed by atoms with Gasteiger partial charge in [-0.15, -0.1) is 0 Å². The number of nitrogens with zero attached hydrogens (tertiary/aromatic N) is 1. The molecule has 0 aromatic rings. The molecule has 84 valence electrons. The third-order valence-electron chi connectivity index (χ3n) is 2.44. The van der Waals surface area contributed by atoms with Crippen LogP contribution >= 0.6 is 0 Å².